The third-order valence-corrected chi connectivity index (χ3v) is 3.62. The van der Waals surface area contributed by atoms with Crippen molar-refractivity contribution in [3.05, 3.63) is 46.1 Å². The van der Waals surface area contributed by atoms with E-state index in [1.54, 1.807) is 0 Å². The van der Waals surface area contributed by atoms with Crippen LogP contribution in [0.1, 0.15) is 18.2 Å². The van der Waals surface area contributed by atoms with Crippen molar-refractivity contribution in [2.24, 2.45) is 0 Å². The van der Waals surface area contributed by atoms with Crippen LogP contribution in [0.4, 0.5) is 0 Å². The maximum absolute atomic E-state index is 5.92. The molecule has 0 radical (unpaired) electrons. The SMILES string of the molecule is CNC(C)Cc1ccc(-c2cc(Br)ccc2C)o1. The van der Waals surface area contributed by atoms with Crippen LogP contribution in [0.2, 0.25) is 0 Å². The molecule has 0 saturated heterocycles. The van der Waals surface area contributed by atoms with Gasteiger partial charge in [0.2, 0.25) is 0 Å². The normalized spacial score (nSPS) is 12.7. The Morgan fingerprint density at radius 2 is 2.06 bits per heavy atom. The molecular formula is C15H18BrNO. The summed E-state index contributed by atoms with van der Waals surface area (Å²) in [6.45, 7) is 4.24. The fraction of sp³-hybridized carbons (Fsp3) is 0.333. The Labute approximate surface area is 117 Å². The number of aryl methyl sites for hydroxylation is 1. The molecule has 0 aliphatic heterocycles. The lowest BCUT2D eigenvalue weighted by Gasteiger charge is -2.07. The molecule has 0 saturated carbocycles. The van der Waals surface area contributed by atoms with Gasteiger partial charge in [-0.3, -0.25) is 0 Å². The standard InChI is InChI=1S/C15H18BrNO/c1-10-4-5-12(16)9-14(10)15-7-6-13(18-15)8-11(2)17-3/h4-7,9,11,17H,8H2,1-3H3. The van der Waals surface area contributed by atoms with E-state index >= 15 is 0 Å². The molecule has 2 rings (SSSR count). The van der Waals surface area contributed by atoms with Crippen LogP contribution < -0.4 is 5.32 Å². The molecule has 0 fully saturated rings. The highest BCUT2D eigenvalue weighted by Gasteiger charge is 2.09. The van der Waals surface area contributed by atoms with E-state index in [2.05, 4.69) is 53.3 Å². The van der Waals surface area contributed by atoms with E-state index < -0.39 is 0 Å². The van der Waals surface area contributed by atoms with Crippen molar-refractivity contribution in [2.45, 2.75) is 26.3 Å². The highest BCUT2D eigenvalue weighted by molar-refractivity contribution is 9.10. The molecule has 3 heteroatoms. The molecule has 0 amide bonds. The Morgan fingerprint density at radius 3 is 2.78 bits per heavy atom. The molecule has 1 heterocycles. The summed E-state index contributed by atoms with van der Waals surface area (Å²) >= 11 is 3.50. The summed E-state index contributed by atoms with van der Waals surface area (Å²) in [5.74, 6) is 1.96. The van der Waals surface area contributed by atoms with Crippen molar-refractivity contribution < 1.29 is 4.42 Å². The van der Waals surface area contributed by atoms with Crippen molar-refractivity contribution in [1.82, 2.24) is 5.32 Å². The number of hydrogen-bond acceptors (Lipinski definition) is 2. The van der Waals surface area contributed by atoms with E-state index in [0.29, 0.717) is 6.04 Å². The molecule has 1 unspecified atom stereocenters. The molecule has 0 spiro atoms. The van der Waals surface area contributed by atoms with Gasteiger partial charge in [0.25, 0.3) is 0 Å². The molecule has 1 atom stereocenters. The highest BCUT2D eigenvalue weighted by atomic mass is 79.9. The van der Waals surface area contributed by atoms with Gasteiger partial charge < -0.3 is 9.73 Å². The minimum Gasteiger partial charge on any atom is -0.461 e. The van der Waals surface area contributed by atoms with Crippen LogP contribution in [0, 0.1) is 6.92 Å². The van der Waals surface area contributed by atoms with Crippen LogP contribution in [0.3, 0.4) is 0 Å². The fourth-order valence-corrected chi connectivity index (χ4v) is 2.26. The lowest BCUT2D eigenvalue weighted by atomic mass is 10.1. The fourth-order valence-electron chi connectivity index (χ4n) is 1.90. The van der Waals surface area contributed by atoms with Gasteiger partial charge in [0, 0.05) is 22.5 Å². The quantitative estimate of drug-likeness (QED) is 0.917. The zero-order chi connectivity index (χ0) is 13.1. The van der Waals surface area contributed by atoms with Crippen LogP contribution in [-0.4, -0.2) is 13.1 Å². The monoisotopic (exact) mass is 307 g/mol. The summed E-state index contributed by atoms with van der Waals surface area (Å²) in [6, 6.07) is 10.8. The van der Waals surface area contributed by atoms with Crippen molar-refractivity contribution >= 4 is 15.9 Å². The van der Waals surface area contributed by atoms with Crippen LogP contribution >= 0.6 is 15.9 Å². The van der Waals surface area contributed by atoms with Crippen molar-refractivity contribution in [1.29, 1.82) is 0 Å². The molecule has 18 heavy (non-hydrogen) atoms. The molecule has 0 aliphatic rings. The number of benzene rings is 1. The van der Waals surface area contributed by atoms with E-state index in [1.165, 1.54) is 5.56 Å². The first-order valence-corrected chi connectivity index (χ1v) is 6.92. The Kier molecular flexibility index (Phi) is 4.25. The van der Waals surface area contributed by atoms with Crippen molar-refractivity contribution in [3.8, 4) is 11.3 Å². The topological polar surface area (TPSA) is 25.2 Å². The molecular weight excluding hydrogens is 290 g/mol. The number of halogens is 1. The van der Waals surface area contributed by atoms with Gasteiger partial charge >= 0.3 is 0 Å². The molecule has 2 nitrogen and oxygen atoms in total. The molecule has 2 aromatic rings. The van der Waals surface area contributed by atoms with Crippen LogP contribution in [0.25, 0.3) is 11.3 Å². The van der Waals surface area contributed by atoms with Crippen LogP contribution in [-0.2, 0) is 6.42 Å². The highest BCUT2D eigenvalue weighted by Crippen LogP contribution is 2.28. The maximum Gasteiger partial charge on any atom is 0.134 e. The van der Waals surface area contributed by atoms with Gasteiger partial charge in [-0.1, -0.05) is 22.0 Å². The summed E-state index contributed by atoms with van der Waals surface area (Å²) in [6.07, 6.45) is 0.906. The average Bonchev–Trinajstić information content (AvgIpc) is 2.80. The Balaban J connectivity index is 2.26. The number of furan rings is 1. The van der Waals surface area contributed by atoms with E-state index in [1.807, 2.05) is 19.2 Å². The van der Waals surface area contributed by atoms with Gasteiger partial charge in [-0.25, -0.2) is 0 Å². The number of rotatable bonds is 4. The first-order valence-electron chi connectivity index (χ1n) is 6.12. The van der Waals surface area contributed by atoms with Gasteiger partial charge in [0.1, 0.15) is 11.5 Å². The van der Waals surface area contributed by atoms with Crippen LogP contribution in [0.5, 0.6) is 0 Å². The molecule has 1 aromatic heterocycles. The zero-order valence-corrected chi connectivity index (χ0v) is 12.5. The Hall–Kier alpha value is -1.06. The van der Waals surface area contributed by atoms with E-state index in [0.717, 1.165) is 28.0 Å². The molecule has 1 aromatic carbocycles. The first-order chi connectivity index (χ1) is 8.60. The predicted molar refractivity (Wildman–Crippen MR) is 78.8 cm³/mol. The smallest absolute Gasteiger partial charge is 0.134 e. The lowest BCUT2D eigenvalue weighted by molar-refractivity contribution is 0.481. The summed E-state index contributed by atoms with van der Waals surface area (Å²) in [5.41, 5.74) is 2.37. The number of nitrogens with one attached hydrogen (secondary N) is 1. The number of hydrogen-bond donors (Lipinski definition) is 1. The summed E-state index contributed by atoms with van der Waals surface area (Å²) in [4.78, 5) is 0. The minimum absolute atomic E-state index is 0.424. The summed E-state index contributed by atoms with van der Waals surface area (Å²) in [5, 5.41) is 3.22. The van der Waals surface area contributed by atoms with Gasteiger partial charge in [-0.05, 0) is 50.7 Å². The third-order valence-electron chi connectivity index (χ3n) is 3.13. The van der Waals surface area contributed by atoms with Gasteiger partial charge in [-0.15, -0.1) is 0 Å². The molecule has 1 N–H and O–H groups in total. The van der Waals surface area contributed by atoms with E-state index in [9.17, 15) is 0 Å². The second-order valence-corrected chi connectivity index (χ2v) is 5.53. The summed E-state index contributed by atoms with van der Waals surface area (Å²) < 4.78 is 6.99. The van der Waals surface area contributed by atoms with Crippen molar-refractivity contribution in [2.75, 3.05) is 7.05 Å². The van der Waals surface area contributed by atoms with Gasteiger partial charge in [0.15, 0.2) is 0 Å². The zero-order valence-electron chi connectivity index (χ0n) is 11.0. The molecule has 0 aliphatic carbocycles. The summed E-state index contributed by atoms with van der Waals surface area (Å²) in [7, 11) is 1.97. The molecule has 0 bridgehead atoms. The third kappa shape index (κ3) is 3.03. The second kappa shape index (κ2) is 5.72. The average molecular weight is 308 g/mol. The van der Waals surface area contributed by atoms with Gasteiger partial charge in [0.05, 0.1) is 0 Å². The minimum atomic E-state index is 0.424. The van der Waals surface area contributed by atoms with E-state index in [4.69, 9.17) is 4.42 Å². The van der Waals surface area contributed by atoms with Crippen LogP contribution in [0.15, 0.2) is 39.2 Å². The Morgan fingerprint density at radius 1 is 1.28 bits per heavy atom. The number of likely N-dealkylation sites (N-methyl/N-ethyl adjacent to an activating group) is 1. The Bertz CT molecular complexity index is 533. The van der Waals surface area contributed by atoms with Gasteiger partial charge in [-0.2, -0.15) is 0 Å². The molecule has 96 valence electrons. The van der Waals surface area contributed by atoms with E-state index in [-0.39, 0.29) is 0 Å². The largest absolute Gasteiger partial charge is 0.461 e. The maximum atomic E-state index is 5.92. The predicted octanol–water partition coefficient (Wildman–Crippen LogP) is 4.17. The lowest BCUT2D eigenvalue weighted by Crippen LogP contribution is -2.23. The second-order valence-electron chi connectivity index (χ2n) is 4.62. The van der Waals surface area contributed by atoms with Crippen molar-refractivity contribution in [3.63, 3.8) is 0 Å². The first kappa shape index (κ1) is 13.4.